The maximum Gasteiger partial charge on any atom is 0.335 e. The Kier molecular flexibility index (Phi) is 3.65. The van der Waals surface area contributed by atoms with Crippen LogP contribution < -0.4 is 4.74 Å². The van der Waals surface area contributed by atoms with E-state index in [1.807, 2.05) is 0 Å². The maximum absolute atomic E-state index is 10.7. The van der Waals surface area contributed by atoms with Gasteiger partial charge in [-0.15, -0.1) is 0 Å². The Labute approximate surface area is 114 Å². The lowest BCUT2D eigenvalue weighted by atomic mass is 10.2. The molecule has 0 aliphatic rings. The summed E-state index contributed by atoms with van der Waals surface area (Å²) in [6.45, 7) is 0.0494. The van der Waals surface area contributed by atoms with Crippen molar-refractivity contribution in [2.24, 2.45) is 0 Å². The molecular formula is C14H12O6. The standard InChI is InChI=1S/C14H12O6/c15-10-3-1-8(2-4-10)7-20-13-11(16)5-9(14(18)19)6-12(13)17/h1-6,15-17H,7H2,(H,18,19). The summed E-state index contributed by atoms with van der Waals surface area (Å²) in [5.74, 6) is -2.25. The second-order valence-corrected chi connectivity index (χ2v) is 4.10. The first-order chi connectivity index (χ1) is 9.47. The molecule has 0 saturated carbocycles. The average Bonchev–Trinajstić information content (AvgIpc) is 2.39. The van der Waals surface area contributed by atoms with Gasteiger partial charge in [0, 0.05) is 0 Å². The van der Waals surface area contributed by atoms with E-state index >= 15 is 0 Å². The number of benzene rings is 2. The van der Waals surface area contributed by atoms with Crippen molar-refractivity contribution < 1.29 is 30.0 Å². The Balaban J connectivity index is 2.17. The molecular weight excluding hydrogens is 264 g/mol. The van der Waals surface area contributed by atoms with E-state index in [1.165, 1.54) is 12.1 Å². The molecule has 2 aromatic rings. The van der Waals surface area contributed by atoms with Gasteiger partial charge in [-0.25, -0.2) is 4.79 Å². The normalized spacial score (nSPS) is 10.2. The van der Waals surface area contributed by atoms with Gasteiger partial charge in [-0.3, -0.25) is 0 Å². The largest absolute Gasteiger partial charge is 0.508 e. The lowest BCUT2D eigenvalue weighted by molar-refractivity contribution is 0.0695. The van der Waals surface area contributed by atoms with Gasteiger partial charge in [0.05, 0.1) is 5.56 Å². The van der Waals surface area contributed by atoms with Crippen LogP contribution in [0.5, 0.6) is 23.0 Å². The van der Waals surface area contributed by atoms with Crippen molar-refractivity contribution in [3.8, 4) is 23.0 Å². The molecule has 0 amide bonds. The summed E-state index contributed by atoms with van der Waals surface area (Å²) >= 11 is 0. The third-order valence-electron chi connectivity index (χ3n) is 2.62. The van der Waals surface area contributed by atoms with Gasteiger partial charge in [-0.1, -0.05) is 12.1 Å². The van der Waals surface area contributed by atoms with Crippen molar-refractivity contribution in [1.29, 1.82) is 0 Å². The molecule has 4 N–H and O–H groups in total. The lowest BCUT2D eigenvalue weighted by Crippen LogP contribution is -1.99. The second-order valence-electron chi connectivity index (χ2n) is 4.10. The van der Waals surface area contributed by atoms with Gasteiger partial charge in [0.2, 0.25) is 5.75 Å². The minimum Gasteiger partial charge on any atom is -0.508 e. The molecule has 104 valence electrons. The van der Waals surface area contributed by atoms with Crippen LogP contribution in [-0.2, 0) is 6.61 Å². The van der Waals surface area contributed by atoms with Crippen molar-refractivity contribution >= 4 is 5.97 Å². The highest BCUT2D eigenvalue weighted by Crippen LogP contribution is 2.37. The monoisotopic (exact) mass is 276 g/mol. The summed E-state index contributed by atoms with van der Waals surface area (Å²) in [4.78, 5) is 10.7. The quantitative estimate of drug-likeness (QED) is 0.681. The number of rotatable bonds is 4. The number of aromatic hydroxyl groups is 3. The Hall–Kier alpha value is -2.89. The number of hydrogen-bond acceptors (Lipinski definition) is 5. The molecule has 0 atom stereocenters. The fourth-order valence-corrected chi connectivity index (χ4v) is 1.62. The molecule has 0 heterocycles. The fraction of sp³-hybridized carbons (Fsp3) is 0.0714. The maximum atomic E-state index is 10.7. The van der Waals surface area contributed by atoms with Gasteiger partial charge in [0.25, 0.3) is 0 Å². The number of ether oxygens (including phenoxy) is 1. The molecule has 0 unspecified atom stereocenters. The molecule has 2 rings (SSSR count). The van der Waals surface area contributed by atoms with E-state index in [1.54, 1.807) is 12.1 Å². The average molecular weight is 276 g/mol. The van der Waals surface area contributed by atoms with Crippen LogP contribution in [0.1, 0.15) is 15.9 Å². The molecule has 0 saturated heterocycles. The minimum absolute atomic E-state index is 0.0494. The van der Waals surface area contributed by atoms with Crippen LogP contribution in [0.3, 0.4) is 0 Å². The van der Waals surface area contributed by atoms with Crippen molar-refractivity contribution in [1.82, 2.24) is 0 Å². The molecule has 6 nitrogen and oxygen atoms in total. The van der Waals surface area contributed by atoms with Crippen LogP contribution in [0.25, 0.3) is 0 Å². The summed E-state index contributed by atoms with van der Waals surface area (Å²) in [5, 5.41) is 37.2. The molecule has 0 radical (unpaired) electrons. The van der Waals surface area contributed by atoms with E-state index < -0.39 is 17.5 Å². The first kappa shape index (κ1) is 13.5. The zero-order valence-corrected chi connectivity index (χ0v) is 10.3. The van der Waals surface area contributed by atoms with Gasteiger partial charge in [0.1, 0.15) is 12.4 Å². The van der Waals surface area contributed by atoms with Crippen LogP contribution in [0, 0.1) is 0 Å². The van der Waals surface area contributed by atoms with Gasteiger partial charge >= 0.3 is 5.97 Å². The molecule has 0 aromatic heterocycles. The Bertz CT molecular complexity index is 610. The fourth-order valence-electron chi connectivity index (χ4n) is 1.62. The molecule has 0 bridgehead atoms. The number of phenols is 3. The van der Waals surface area contributed by atoms with Crippen molar-refractivity contribution in [2.75, 3.05) is 0 Å². The first-order valence-corrected chi connectivity index (χ1v) is 5.67. The summed E-state index contributed by atoms with van der Waals surface area (Å²) < 4.78 is 5.25. The van der Waals surface area contributed by atoms with E-state index in [9.17, 15) is 15.0 Å². The van der Waals surface area contributed by atoms with E-state index in [0.717, 1.165) is 12.1 Å². The van der Waals surface area contributed by atoms with Crippen LogP contribution in [0.15, 0.2) is 36.4 Å². The summed E-state index contributed by atoms with van der Waals surface area (Å²) in [5.41, 5.74) is 0.473. The Morgan fingerprint density at radius 3 is 2.05 bits per heavy atom. The van der Waals surface area contributed by atoms with Gasteiger partial charge in [0.15, 0.2) is 11.5 Å². The predicted octanol–water partition coefficient (Wildman–Crippen LogP) is 2.08. The van der Waals surface area contributed by atoms with Crippen LogP contribution >= 0.6 is 0 Å². The van der Waals surface area contributed by atoms with Crippen LogP contribution in [0.4, 0.5) is 0 Å². The lowest BCUT2D eigenvalue weighted by Gasteiger charge is -2.10. The highest BCUT2D eigenvalue weighted by atomic mass is 16.5. The Morgan fingerprint density at radius 2 is 1.55 bits per heavy atom. The second kappa shape index (κ2) is 5.40. The minimum atomic E-state index is -1.26. The highest BCUT2D eigenvalue weighted by Gasteiger charge is 2.14. The molecule has 0 spiro atoms. The topological polar surface area (TPSA) is 107 Å². The van der Waals surface area contributed by atoms with E-state index in [4.69, 9.17) is 14.9 Å². The summed E-state index contributed by atoms with van der Waals surface area (Å²) in [7, 11) is 0. The number of hydrogen-bond donors (Lipinski definition) is 4. The highest BCUT2D eigenvalue weighted by molar-refractivity contribution is 5.89. The van der Waals surface area contributed by atoms with Crippen LogP contribution in [-0.4, -0.2) is 26.4 Å². The van der Waals surface area contributed by atoms with Crippen LogP contribution in [0.2, 0.25) is 0 Å². The number of carbonyl (C=O) groups is 1. The smallest absolute Gasteiger partial charge is 0.335 e. The Morgan fingerprint density at radius 1 is 1.00 bits per heavy atom. The van der Waals surface area contributed by atoms with Gasteiger partial charge in [-0.2, -0.15) is 0 Å². The van der Waals surface area contributed by atoms with E-state index in [0.29, 0.717) is 5.56 Å². The molecule has 2 aromatic carbocycles. The zero-order valence-electron chi connectivity index (χ0n) is 10.3. The number of phenolic OH excluding ortho intramolecular Hbond substituents is 3. The predicted molar refractivity (Wildman–Crippen MR) is 69.2 cm³/mol. The molecule has 0 fully saturated rings. The third kappa shape index (κ3) is 2.92. The molecule has 20 heavy (non-hydrogen) atoms. The zero-order chi connectivity index (χ0) is 14.7. The molecule has 6 heteroatoms. The summed E-state index contributed by atoms with van der Waals surface area (Å²) in [6.07, 6.45) is 0. The molecule has 0 aliphatic heterocycles. The van der Waals surface area contributed by atoms with Crippen molar-refractivity contribution in [3.05, 3.63) is 47.5 Å². The van der Waals surface area contributed by atoms with Crippen molar-refractivity contribution in [2.45, 2.75) is 6.61 Å². The SMILES string of the molecule is O=C(O)c1cc(O)c(OCc2ccc(O)cc2)c(O)c1. The first-order valence-electron chi connectivity index (χ1n) is 5.67. The van der Waals surface area contributed by atoms with E-state index in [-0.39, 0.29) is 23.7 Å². The van der Waals surface area contributed by atoms with Gasteiger partial charge < -0.3 is 25.2 Å². The number of carboxylic acids is 1. The third-order valence-corrected chi connectivity index (χ3v) is 2.62. The van der Waals surface area contributed by atoms with Gasteiger partial charge in [-0.05, 0) is 29.8 Å². The summed E-state index contributed by atoms with van der Waals surface area (Å²) in [6, 6.07) is 8.18. The molecule has 0 aliphatic carbocycles. The van der Waals surface area contributed by atoms with E-state index in [2.05, 4.69) is 0 Å². The number of aromatic carboxylic acids is 1. The number of carboxylic acid groups (broad SMARTS) is 1. The van der Waals surface area contributed by atoms with Crippen molar-refractivity contribution in [3.63, 3.8) is 0 Å².